The normalized spacial score (nSPS) is 23.7. The van der Waals surface area contributed by atoms with Crippen LogP contribution in [0.25, 0.3) is 11.2 Å². The average molecular weight is 351 g/mol. The van der Waals surface area contributed by atoms with Crippen molar-refractivity contribution in [2.75, 3.05) is 32.1 Å². The number of hydrogen-bond acceptors (Lipinski definition) is 6. The molecule has 8 heteroatoms. The lowest BCUT2D eigenvalue weighted by atomic mass is 10.1. The van der Waals surface area contributed by atoms with Crippen LogP contribution in [0.2, 0.25) is 5.28 Å². The summed E-state index contributed by atoms with van der Waals surface area (Å²) in [6.45, 7) is 2.96. The van der Waals surface area contributed by atoms with Gasteiger partial charge < -0.3 is 15.0 Å². The van der Waals surface area contributed by atoms with Gasteiger partial charge in [0.15, 0.2) is 17.0 Å². The minimum atomic E-state index is -0.00843. The van der Waals surface area contributed by atoms with Crippen LogP contribution in [0.4, 0.5) is 5.82 Å². The van der Waals surface area contributed by atoms with Crippen molar-refractivity contribution in [2.45, 2.75) is 44.4 Å². The van der Waals surface area contributed by atoms with Gasteiger partial charge in [0, 0.05) is 12.6 Å². The van der Waals surface area contributed by atoms with Crippen LogP contribution >= 0.6 is 11.6 Å². The first-order chi connectivity index (χ1) is 11.7. The van der Waals surface area contributed by atoms with Crippen molar-refractivity contribution in [2.24, 2.45) is 0 Å². The number of hydrogen-bond donors (Lipinski definition) is 1. The van der Waals surface area contributed by atoms with Crippen LogP contribution in [-0.2, 0) is 4.74 Å². The summed E-state index contributed by atoms with van der Waals surface area (Å²) in [5, 5.41) is 3.77. The third kappa shape index (κ3) is 3.20. The molecular weight excluding hydrogens is 328 g/mol. The number of halogens is 1. The molecule has 7 nitrogen and oxygen atoms in total. The smallest absolute Gasteiger partial charge is 0.226 e. The molecule has 24 heavy (non-hydrogen) atoms. The van der Waals surface area contributed by atoms with E-state index in [0.717, 1.165) is 68.8 Å². The SMILES string of the molecule is CN1CCC(Nc2nc(Cl)nc3c2ncn3C2CCCCO2)CC1. The standard InChI is InChI=1S/C16H23ClN6O/c1-22-7-5-11(6-8-22)19-14-13-15(21-16(17)20-14)23(10-18-13)12-4-2-3-9-24-12/h10-12H,2-9H2,1H3,(H,19,20,21). The molecule has 4 rings (SSSR count). The maximum atomic E-state index is 6.18. The van der Waals surface area contributed by atoms with Crippen LogP contribution in [0, 0.1) is 0 Å². The summed E-state index contributed by atoms with van der Waals surface area (Å²) in [5.74, 6) is 0.731. The van der Waals surface area contributed by atoms with Crippen molar-refractivity contribution in [3.8, 4) is 0 Å². The van der Waals surface area contributed by atoms with Crippen molar-refractivity contribution < 1.29 is 4.74 Å². The summed E-state index contributed by atoms with van der Waals surface area (Å²) in [7, 11) is 2.15. The fraction of sp³-hybridized carbons (Fsp3) is 0.688. The van der Waals surface area contributed by atoms with Gasteiger partial charge in [-0.05, 0) is 63.8 Å². The topological polar surface area (TPSA) is 68.1 Å². The van der Waals surface area contributed by atoms with E-state index < -0.39 is 0 Å². The molecule has 1 unspecified atom stereocenters. The van der Waals surface area contributed by atoms with E-state index in [0.29, 0.717) is 6.04 Å². The molecule has 2 saturated heterocycles. The van der Waals surface area contributed by atoms with Gasteiger partial charge in [-0.15, -0.1) is 0 Å². The molecule has 0 radical (unpaired) electrons. The number of fused-ring (bicyclic) bond motifs is 1. The molecule has 1 atom stereocenters. The molecule has 4 heterocycles. The molecule has 0 aromatic carbocycles. The summed E-state index contributed by atoms with van der Waals surface area (Å²) in [6, 6.07) is 0.395. The van der Waals surface area contributed by atoms with E-state index >= 15 is 0 Å². The third-order valence-corrected chi connectivity index (χ3v) is 5.09. The molecular formula is C16H23ClN6O. The van der Waals surface area contributed by atoms with E-state index in [-0.39, 0.29) is 11.5 Å². The third-order valence-electron chi connectivity index (χ3n) is 4.92. The van der Waals surface area contributed by atoms with Gasteiger partial charge in [0.25, 0.3) is 0 Å². The van der Waals surface area contributed by atoms with Crippen LogP contribution in [0.1, 0.15) is 38.3 Å². The Hall–Kier alpha value is -1.44. The minimum absolute atomic E-state index is 0.00843. The Balaban J connectivity index is 1.62. The number of nitrogens with one attached hydrogen (secondary N) is 1. The number of likely N-dealkylation sites (tertiary alicyclic amines) is 1. The molecule has 2 fully saturated rings. The summed E-state index contributed by atoms with van der Waals surface area (Å²) in [5.41, 5.74) is 1.52. The zero-order chi connectivity index (χ0) is 16.5. The highest BCUT2D eigenvalue weighted by Gasteiger charge is 2.23. The molecule has 1 N–H and O–H groups in total. The monoisotopic (exact) mass is 350 g/mol. The number of piperidine rings is 1. The summed E-state index contributed by atoms with van der Waals surface area (Å²) in [6.07, 6.45) is 7.21. The average Bonchev–Trinajstić information content (AvgIpc) is 3.01. The Morgan fingerprint density at radius 2 is 2.04 bits per heavy atom. The van der Waals surface area contributed by atoms with Gasteiger partial charge in [-0.2, -0.15) is 9.97 Å². The molecule has 130 valence electrons. The van der Waals surface area contributed by atoms with E-state index in [1.165, 1.54) is 0 Å². The molecule has 0 saturated carbocycles. The molecule has 2 aromatic rings. The molecule has 0 aliphatic carbocycles. The van der Waals surface area contributed by atoms with Gasteiger partial charge in [0.2, 0.25) is 5.28 Å². The van der Waals surface area contributed by atoms with Gasteiger partial charge in [-0.1, -0.05) is 0 Å². The van der Waals surface area contributed by atoms with Gasteiger partial charge >= 0.3 is 0 Å². The highest BCUT2D eigenvalue weighted by Crippen LogP contribution is 2.29. The van der Waals surface area contributed by atoms with E-state index in [1.54, 1.807) is 6.33 Å². The Labute approximate surface area is 146 Å². The van der Waals surface area contributed by atoms with Crippen molar-refractivity contribution in [3.63, 3.8) is 0 Å². The molecule has 2 aromatic heterocycles. The second kappa shape index (κ2) is 6.82. The summed E-state index contributed by atoms with van der Waals surface area (Å²) < 4.78 is 7.85. The quantitative estimate of drug-likeness (QED) is 0.858. The number of aromatic nitrogens is 4. The lowest BCUT2D eigenvalue weighted by Crippen LogP contribution is -2.37. The van der Waals surface area contributed by atoms with Crippen LogP contribution in [-0.4, -0.2) is 57.2 Å². The van der Waals surface area contributed by atoms with Crippen molar-refractivity contribution >= 4 is 28.6 Å². The summed E-state index contributed by atoms with van der Waals surface area (Å²) >= 11 is 6.18. The van der Waals surface area contributed by atoms with Gasteiger partial charge in [0.1, 0.15) is 6.23 Å². The largest absolute Gasteiger partial charge is 0.365 e. The van der Waals surface area contributed by atoms with Crippen LogP contribution in [0.3, 0.4) is 0 Å². The zero-order valence-electron chi connectivity index (χ0n) is 13.9. The van der Waals surface area contributed by atoms with Gasteiger partial charge in [-0.25, -0.2) is 4.98 Å². The maximum absolute atomic E-state index is 6.18. The van der Waals surface area contributed by atoms with E-state index in [9.17, 15) is 0 Å². The Morgan fingerprint density at radius 1 is 1.21 bits per heavy atom. The first kappa shape index (κ1) is 16.1. The van der Waals surface area contributed by atoms with E-state index in [2.05, 4.69) is 32.2 Å². The Kier molecular flexibility index (Phi) is 4.56. The molecule has 2 aliphatic heterocycles. The second-order valence-electron chi connectivity index (χ2n) is 6.71. The maximum Gasteiger partial charge on any atom is 0.226 e. The number of imidazole rings is 1. The van der Waals surface area contributed by atoms with Crippen molar-refractivity contribution in [3.05, 3.63) is 11.6 Å². The highest BCUT2D eigenvalue weighted by atomic mass is 35.5. The first-order valence-electron chi connectivity index (χ1n) is 8.67. The number of anilines is 1. The van der Waals surface area contributed by atoms with Crippen LogP contribution in [0.15, 0.2) is 6.33 Å². The number of nitrogens with zero attached hydrogens (tertiary/aromatic N) is 5. The van der Waals surface area contributed by atoms with Crippen LogP contribution < -0.4 is 5.32 Å². The lowest BCUT2D eigenvalue weighted by molar-refractivity contribution is -0.0298. The van der Waals surface area contributed by atoms with Crippen LogP contribution in [0.5, 0.6) is 0 Å². The highest BCUT2D eigenvalue weighted by molar-refractivity contribution is 6.28. The van der Waals surface area contributed by atoms with Crippen molar-refractivity contribution in [1.82, 2.24) is 24.4 Å². The molecule has 0 amide bonds. The first-order valence-corrected chi connectivity index (χ1v) is 9.05. The molecule has 0 bridgehead atoms. The predicted molar refractivity (Wildman–Crippen MR) is 93.3 cm³/mol. The second-order valence-corrected chi connectivity index (χ2v) is 7.05. The zero-order valence-corrected chi connectivity index (χ0v) is 14.7. The predicted octanol–water partition coefficient (Wildman–Crippen LogP) is 2.68. The molecule has 0 spiro atoms. The van der Waals surface area contributed by atoms with E-state index in [1.807, 2.05) is 4.57 Å². The Bertz CT molecular complexity index is 706. The Morgan fingerprint density at radius 3 is 2.79 bits per heavy atom. The van der Waals surface area contributed by atoms with Gasteiger partial charge in [0.05, 0.1) is 6.33 Å². The minimum Gasteiger partial charge on any atom is -0.365 e. The molecule has 2 aliphatic rings. The number of rotatable bonds is 3. The van der Waals surface area contributed by atoms with E-state index in [4.69, 9.17) is 16.3 Å². The fourth-order valence-electron chi connectivity index (χ4n) is 3.49. The van der Waals surface area contributed by atoms with Crippen molar-refractivity contribution in [1.29, 1.82) is 0 Å². The van der Waals surface area contributed by atoms with Gasteiger partial charge in [-0.3, -0.25) is 4.57 Å². The number of ether oxygens (including phenoxy) is 1. The fourth-order valence-corrected chi connectivity index (χ4v) is 3.66. The lowest BCUT2D eigenvalue weighted by Gasteiger charge is -2.29. The summed E-state index contributed by atoms with van der Waals surface area (Å²) in [4.78, 5) is 15.7.